The van der Waals surface area contributed by atoms with Crippen molar-refractivity contribution in [3.05, 3.63) is 12.4 Å². The summed E-state index contributed by atoms with van der Waals surface area (Å²) in [6.45, 7) is 0. The summed E-state index contributed by atoms with van der Waals surface area (Å²) in [5.41, 5.74) is 5.53. The number of aromatic nitrogens is 2. The first-order valence-corrected chi connectivity index (χ1v) is 2.48. The van der Waals surface area contributed by atoms with E-state index < -0.39 is 0 Å². The highest BCUT2D eigenvalue weighted by Gasteiger charge is 2.00. The molecule has 1 heterocycles. The second-order valence-electron chi connectivity index (χ2n) is 1.88. The Morgan fingerprint density at radius 3 is 2.50 bits per heavy atom. The van der Waals surface area contributed by atoms with E-state index in [4.69, 9.17) is 5.73 Å². The van der Waals surface area contributed by atoms with E-state index in [1.54, 1.807) is 0 Å². The third-order valence-corrected chi connectivity index (χ3v) is 1.24. The van der Waals surface area contributed by atoms with Crippen LogP contribution in [0.25, 0.3) is 0 Å². The van der Waals surface area contributed by atoms with Gasteiger partial charge in [0.1, 0.15) is 0 Å². The molecule has 0 aromatic carbocycles. The Bertz CT molecular complexity index is 170. The van der Waals surface area contributed by atoms with Gasteiger partial charge in [-0.1, -0.05) is 0 Å². The molecular weight excluding hydrogens is 102 g/mol. The molecule has 0 atom stereocenters. The standard InChI is InChI=1S/C5H9N3/c1-7-3-4-8(2)5(7)6/h3-4,6H,1-2H3/p+1. The fourth-order valence-electron chi connectivity index (χ4n) is 0.602. The molecule has 0 unspecified atom stereocenters. The zero-order valence-corrected chi connectivity index (χ0v) is 5.13. The molecule has 0 bridgehead atoms. The third kappa shape index (κ3) is 0.559. The van der Waals surface area contributed by atoms with E-state index in [0.717, 1.165) is 5.95 Å². The van der Waals surface area contributed by atoms with Crippen LogP contribution in [0.4, 0.5) is 5.95 Å². The van der Waals surface area contributed by atoms with Gasteiger partial charge in [-0.25, -0.2) is 9.13 Å². The van der Waals surface area contributed by atoms with Gasteiger partial charge in [-0.2, -0.15) is 0 Å². The Morgan fingerprint density at radius 1 is 1.75 bits per heavy atom. The minimum atomic E-state index is 0.769. The van der Waals surface area contributed by atoms with Crippen molar-refractivity contribution in [2.75, 3.05) is 5.73 Å². The van der Waals surface area contributed by atoms with Gasteiger partial charge in [0.15, 0.2) is 0 Å². The van der Waals surface area contributed by atoms with Gasteiger partial charge in [-0.05, 0) is 0 Å². The molecule has 0 amide bonds. The van der Waals surface area contributed by atoms with Crippen molar-refractivity contribution in [2.45, 2.75) is 0 Å². The van der Waals surface area contributed by atoms with Crippen LogP contribution in [-0.4, -0.2) is 4.57 Å². The number of rotatable bonds is 0. The van der Waals surface area contributed by atoms with E-state index in [1.165, 1.54) is 0 Å². The molecule has 0 spiro atoms. The molecule has 0 saturated carbocycles. The molecule has 8 heavy (non-hydrogen) atoms. The number of hydrogen-bond acceptors (Lipinski definition) is 1. The highest BCUT2D eigenvalue weighted by atomic mass is 15.2. The minimum Gasteiger partial charge on any atom is -0.290 e. The highest BCUT2D eigenvalue weighted by molar-refractivity contribution is 5.06. The molecule has 0 saturated heterocycles. The predicted molar refractivity (Wildman–Crippen MR) is 31.0 cm³/mol. The summed E-state index contributed by atoms with van der Waals surface area (Å²) in [5.74, 6) is 0.769. The Kier molecular flexibility index (Phi) is 0.970. The minimum absolute atomic E-state index is 0.769. The van der Waals surface area contributed by atoms with Gasteiger partial charge in [0.25, 0.3) is 0 Å². The summed E-state index contributed by atoms with van der Waals surface area (Å²) in [5, 5.41) is 0. The molecule has 0 fully saturated rings. The van der Waals surface area contributed by atoms with Crippen LogP contribution in [-0.2, 0) is 14.1 Å². The summed E-state index contributed by atoms with van der Waals surface area (Å²) in [6.07, 6.45) is 3.82. The van der Waals surface area contributed by atoms with Gasteiger partial charge in [0, 0.05) is 0 Å². The Morgan fingerprint density at radius 2 is 2.38 bits per heavy atom. The van der Waals surface area contributed by atoms with Crippen molar-refractivity contribution < 1.29 is 4.57 Å². The molecule has 1 aromatic rings. The largest absolute Gasteiger partial charge is 0.354 e. The van der Waals surface area contributed by atoms with Crippen LogP contribution in [0.2, 0.25) is 0 Å². The van der Waals surface area contributed by atoms with E-state index in [0.29, 0.717) is 0 Å². The number of nitrogens with zero attached hydrogens (tertiary/aromatic N) is 2. The number of imidazole rings is 1. The van der Waals surface area contributed by atoms with Crippen molar-refractivity contribution in [3.8, 4) is 0 Å². The van der Waals surface area contributed by atoms with Crippen LogP contribution < -0.4 is 10.3 Å². The summed E-state index contributed by atoms with van der Waals surface area (Å²) >= 11 is 0. The molecular formula is C5H10N3+. The molecule has 0 aliphatic heterocycles. The number of nitrogen functional groups attached to an aromatic ring is 1. The Labute approximate surface area is 48.3 Å². The molecule has 3 nitrogen and oxygen atoms in total. The zero-order chi connectivity index (χ0) is 6.15. The van der Waals surface area contributed by atoms with Gasteiger partial charge in [0.2, 0.25) is 0 Å². The summed E-state index contributed by atoms with van der Waals surface area (Å²) in [6, 6.07) is 0. The fourth-order valence-corrected chi connectivity index (χ4v) is 0.602. The second kappa shape index (κ2) is 1.51. The second-order valence-corrected chi connectivity index (χ2v) is 1.88. The van der Waals surface area contributed by atoms with Gasteiger partial charge in [-0.15, -0.1) is 0 Å². The number of hydrogen-bond donors (Lipinski definition) is 1. The lowest BCUT2D eigenvalue weighted by atomic mass is 10.9. The maximum absolute atomic E-state index is 5.53. The van der Waals surface area contributed by atoms with Crippen molar-refractivity contribution >= 4 is 5.95 Å². The molecule has 3 heteroatoms. The first kappa shape index (κ1) is 5.15. The SMILES string of the molecule is Cn1cc[n+](C)c1N. The molecule has 1 aromatic heterocycles. The quantitative estimate of drug-likeness (QED) is 0.448. The maximum atomic E-state index is 5.53. The molecule has 2 N–H and O–H groups in total. The molecule has 0 aliphatic carbocycles. The normalized spacial score (nSPS) is 9.75. The van der Waals surface area contributed by atoms with E-state index in [2.05, 4.69) is 0 Å². The lowest BCUT2D eigenvalue weighted by molar-refractivity contribution is -0.655. The maximum Gasteiger partial charge on any atom is 0.354 e. The molecule has 1 rings (SSSR count). The first-order chi connectivity index (χ1) is 3.72. The number of aryl methyl sites for hydroxylation is 2. The van der Waals surface area contributed by atoms with Gasteiger partial charge in [-0.3, -0.25) is 5.73 Å². The van der Waals surface area contributed by atoms with Crippen LogP contribution in [0, 0.1) is 0 Å². The van der Waals surface area contributed by atoms with Crippen molar-refractivity contribution in [1.29, 1.82) is 0 Å². The van der Waals surface area contributed by atoms with Crippen LogP contribution in [0.5, 0.6) is 0 Å². The van der Waals surface area contributed by atoms with Crippen LogP contribution >= 0.6 is 0 Å². The van der Waals surface area contributed by atoms with Crippen LogP contribution in [0.3, 0.4) is 0 Å². The van der Waals surface area contributed by atoms with E-state index in [-0.39, 0.29) is 0 Å². The average molecular weight is 112 g/mol. The van der Waals surface area contributed by atoms with E-state index in [1.807, 2.05) is 35.6 Å². The summed E-state index contributed by atoms with van der Waals surface area (Å²) in [4.78, 5) is 0. The van der Waals surface area contributed by atoms with Gasteiger partial charge < -0.3 is 0 Å². The molecule has 0 radical (unpaired) electrons. The van der Waals surface area contributed by atoms with E-state index >= 15 is 0 Å². The van der Waals surface area contributed by atoms with Crippen molar-refractivity contribution in [2.24, 2.45) is 14.1 Å². The van der Waals surface area contributed by atoms with Crippen LogP contribution in [0.15, 0.2) is 12.4 Å². The first-order valence-electron chi connectivity index (χ1n) is 2.48. The monoisotopic (exact) mass is 112 g/mol. The fraction of sp³-hybridized carbons (Fsp3) is 0.400. The van der Waals surface area contributed by atoms with Crippen LogP contribution in [0.1, 0.15) is 0 Å². The van der Waals surface area contributed by atoms with Gasteiger partial charge >= 0.3 is 5.95 Å². The number of anilines is 1. The van der Waals surface area contributed by atoms with Crippen molar-refractivity contribution in [3.63, 3.8) is 0 Å². The third-order valence-electron chi connectivity index (χ3n) is 1.24. The average Bonchev–Trinajstić information content (AvgIpc) is 1.98. The lowest BCUT2D eigenvalue weighted by Gasteiger charge is -1.85. The zero-order valence-electron chi connectivity index (χ0n) is 5.13. The number of nitrogens with two attached hydrogens (primary N) is 1. The molecule has 0 aliphatic rings. The van der Waals surface area contributed by atoms with Gasteiger partial charge in [0.05, 0.1) is 26.5 Å². The lowest BCUT2D eigenvalue weighted by Crippen LogP contribution is -2.29. The molecule has 44 valence electrons. The Hall–Kier alpha value is -0.990. The van der Waals surface area contributed by atoms with Crippen molar-refractivity contribution in [1.82, 2.24) is 4.57 Å². The Balaban J connectivity index is 3.19. The predicted octanol–water partition coefficient (Wildman–Crippen LogP) is -0.568. The highest BCUT2D eigenvalue weighted by Crippen LogP contribution is 1.87. The smallest absolute Gasteiger partial charge is 0.290 e. The topological polar surface area (TPSA) is 34.8 Å². The summed E-state index contributed by atoms with van der Waals surface area (Å²) < 4.78 is 3.72. The summed E-state index contributed by atoms with van der Waals surface area (Å²) in [7, 11) is 3.82. The van der Waals surface area contributed by atoms with E-state index in [9.17, 15) is 0 Å².